The summed E-state index contributed by atoms with van der Waals surface area (Å²) in [6.45, 7) is 1.66. The van der Waals surface area contributed by atoms with Crippen molar-refractivity contribution in [1.29, 1.82) is 0 Å². The first kappa shape index (κ1) is 13.9. The molecule has 2 aromatic rings. The maximum absolute atomic E-state index is 12.5. The molecule has 0 saturated heterocycles. The Morgan fingerprint density at radius 3 is 2.26 bits per heavy atom. The second kappa shape index (κ2) is 4.89. The lowest BCUT2D eigenvalue weighted by molar-refractivity contribution is 0.145. The van der Waals surface area contributed by atoms with Crippen molar-refractivity contribution in [3.63, 3.8) is 0 Å². The van der Waals surface area contributed by atoms with Crippen LogP contribution >= 0.6 is 10.8 Å². The molecule has 4 N–H and O–H groups in total. The highest BCUT2D eigenvalue weighted by molar-refractivity contribution is 8.22. The first-order valence-corrected chi connectivity index (χ1v) is 6.91. The maximum Gasteiger partial charge on any atom is 0.282 e. The molecule has 8 heteroatoms. The molecule has 0 aliphatic carbocycles. The van der Waals surface area contributed by atoms with E-state index in [1.807, 2.05) is 0 Å². The van der Waals surface area contributed by atoms with Gasteiger partial charge in [0.25, 0.3) is 6.43 Å². The predicted octanol–water partition coefficient (Wildman–Crippen LogP) is 3.10. The maximum atomic E-state index is 12.5. The highest BCUT2D eigenvalue weighted by atomic mass is 32.3. The lowest BCUT2D eigenvalue weighted by Gasteiger charge is -2.26. The lowest BCUT2D eigenvalue weighted by Crippen LogP contribution is -2.08. The van der Waals surface area contributed by atoms with Gasteiger partial charge in [0.05, 0.1) is 10.6 Å². The van der Waals surface area contributed by atoms with Crippen LogP contribution in [0.1, 0.15) is 17.8 Å². The number of nitrogens with zero attached hydrogens (tertiary/aromatic N) is 2. The van der Waals surface area contributed by atoms with E-state index >= 15 is 0 Å². The molecule has 2 rings (SSSR count). The number of nitrogens with two attached hydrogens (primary N) is 1. The molecule has 0 aliphatic heterocycles. The van der Waals surface area contributed by atoms with E-state index < -0.39 is 17.2 Å². The van der Waals surface area contributed by atoms with Gasteiger partial charge in [0, 0.05) is 5.69 Å². The van der Waals surface area contributed by atoms with Crippen LogP contribution in [0.2, 0.25) is 0 Å². The zero-order chi connectivity index (χ0) is 14.2. The van der Waals surface area contributed by atoms with E-state index in [1.165, 1.54) is 35.0 Å². The number of alkyl halides is 2. The quantitative estimate of drug-likeness (QED) is 0.810. The first-order valence-electron chi connectivity index (χ1n) is 5.30. The number of hydrogen-bond donors (Lipinski definition) is 3. The Kier molecular flexibility index (Phi) is 3.59. The fourth-order valence-electron chi connectivity index (χ4n) is 1.65. The Balaban J connectivity index is 2.37. The van der Waals surface area contributed by atoms with E-state index in [1.54, 1.807) is 6.92 Å². The molecule has 0 bridgehead atoms. The third kappa shape index (κ3) is 2.92. The highest BCUT2D eigenvalue weighted by Crippen LogP contribution is 2.39. The van der Waals surface area contributed by atoms with Crippen LogP contribution in [-0.2, 0) is 0 Å². The SMILES string of the molecule is Cc1cc(C(F)F)nn1-c1ccc(S(N)(O)O)cc1. The molecule has 19 heavy (non-hydrogen) atoms. The summed E-state index contributed by atoms with van der Waals surface area (Å²) in [6.07, 6.45) is -2.63. The number of aryl methyl sites for hydroxylation is 1. The van der Waals surface area contributed by atoms with Gasteiger partial charge in [0.1, 0.15) is 5.69 Å². The zero-order valence-corrected chi connectivity index (χ0v) is 10.8. The van der Waals surface area contributed by atoms with Crippen molar-refractivity contribution in [2.24, 2.45) is 5.14 Å². The molecule has 104 valence electrons. The number of rotatable bonds is 3. The Bertz CT molecular complexity index is 579. The summed E-state index contributed by atoms with van der Waals surface area (Å²) in [5.41, 5.74) is 0.795. The summed E-state index contributed by atoms with van der Waals surface area (Å²) < 4.78 is 45.0. The summed E-state index contributed by atoms with van der Waals surface area (Å²) in [5, 5.41) is 8.98. The Labute approximate surface area is 110 Å². The normalized spacial score (nSPS) is 13.0. The van der Waals surface area contributed by atoms with Crippen molar-refractivity contribution in [1.82, 2.24) is 9.78 Å². The van der Waals surface area contributed by atoms with Gasteiger partial charge in [0.2, 0.25) is 0 Å². The second-order valence-corrected chi connectivity index (χ2v) is 5.67. The molecule has 0 unspecified atom stereocenters. The smallest absolute Gasteiger partial charge is 0.282 e. The van der Waals surface area contributed by atoms with Gasteiger partial charge in [-0.05, 0) is 37.3 Å². The van der Waals surface area contributed by atoms with Gasteiger partial charge in [-0.2, -0.15) is 5.10 Å². The van der Waals surface area contributed by atoms with Gasteiger partial charge >= 0.3 is 0 Å². The average Bonchev–Trinajstić information content (AvgIpc) is 2.70. The molecule has 0 atom stereocenters. The molecule has 1 heterocycles. The standard InChI is InChI=1S/C11H13F2N3O2S/c1-7-6-10(11(12)13)15-16(7)8-2-4-9(5-3-8)19(14,17)18/h2-6,11,17-18H,14H2,1H3. The van der Waals surface area contributed by atoms with Crippen molar-refractivity contribution in [2.45, 2.75) is 18.2 Å². The molecule has 0 saturated carbocycles. The monoisotopic (exact) mass is 289 g/mol. The molecule has 5 nitrogen and oxygen atoms in total. The van der Waals surface area contributed by atoms with E-state index in [-0.39, 0.29) is 10.6 Å². The van der Waals surface area contributed by atoms with Gasteiger partial charge in [-0.25, -0.2) is 18.6 Å². The molecule has 0 aliphatic rings. The molecule has 0 spiro atoms. The fraction of sp³-hybridized carbons (Fsp3) is 0.182. The predicted molar refractivity (Wildman–Crippen MR) is 68.6 cm³/mol. The van der Waals surface area contributed by atoms with Gasteiger partial charge in [-0.15, -0.1) is 10.8 Å². The summed E-state index contributed by atoms with van der Waals surface area (Å²) >= 11 is 0. The third-order valence-corrected chi connectivity index (χ3v) is 3.52. The third-order valence-electron chi connectivity index (χ3n) is 2.56. The number of halogens is 2. The Morgan fingerprint density at radius 1 is 1.26 bits per heavy atom. The van der Waals surface area contributed by atoms with Gasteiger partial charge in [0.15, 0.2) is 0 Å². The lowest BCUT2D eigenvalue weighted by atomic mass is 10.3. The van der Waals surface area contributed by atoms with Crippen LogP contribution in [0.5, 0.6) is 0 Å². The van der Waals surface area contributed by atoms with Crippen LogP contribution in [0.3, 0.4) is 0 Å². The Hall–Kier alpha value is -1.48. The summed E-state index contributed by atoms with van der Waals surface area (Å²) in [7, 11) is -3.27. The van der Waals surface area contributed by atoms with Crippen LogP contribution in [-0.4, -0.2) is 18.9 Å². The fourth-order valence-corrected chi connectivity index (χ4v) is 2.19. The van der Waals surface area contributed by atoms with Crippen LogP contribution in [0, 0.1) is 6.92 Å². The van der Waals surface area contributed by atoms with Gasteiger partial charge < -0.3 is 0 Å². The minimum atomic E-state index is -3.27. The zero-order valence-electron chi connectivity index (χ0n) is 9.99. The molecular formula is C11H13F2N3O2S. The molecule has 0 radical (unpaired) electrons. The molecule has 1 aromatic heterocycles. The van der Waals surface area contributed by atoms with Crippen molar-refractivity contribution in [2.75, 3.05) is 0 Å². The van der Waals surface area contributed by atoms with Crippen molar-refractivity contribution in [3.05, 3.63) is 41.7 Å². The van der Waals surface area contributed by atoms with E-state index in [4.69, 9.17) is 5.14 Å². The van der Waals surface area contributed by atoms with E-state index in [2.05, 4.69) is 5.10 Å². The van der Waals surface area contributed by atoms with Gasteiger partial charge in [-0.1, -0.05) is 0 Å². The minimum Gasteiger partial charge on any atom is -0.282 e. The van der Waals surface area contributed by atoms with Crippen molar-refractivity contribution >= 4 is 10.8 Å². The topological polar surface area (TPSA) is 84.3 Å². The van der Waals surface area contributed by atoms with Crippen molar-refractivity contribution < 1.29 is 17.9 Å². The van der Waals surface area contributed by atoms with E-state index in [0.29, 0.717) is 11.4 Å². The van der Waals surface area contributed by atoms with Crippen LogP contribution < -0.4 is 5.14 Å². The molecule has 1 aromatic carbocycles. The second-order valence-electron chi connectivity index (χ2n) is 4.01. The summed E-state index contributed by atoms with van der Waals surface area (Å²) in [4.78, 5) is 0.176. The molecule has 0 fully saturated rings. The number of benzene rings is 1. The van der Waals surface area contributed by atoms with Crippen molar-refractivity contribution in [3.8, 4) is 5.69 Å². The van der Waals surface area contributed by atoms with Crippen LogP contribution in [0.25, 0.3) is 5.69 Å². The number of hydrogen-bond acceptors (Lipinski definition) is 4. The highest BCUT2D eigenvalue weighted by Gasteiger charge is 2.15. The van der Waals surface area contributed by atoms with E-state index in [0.717, 1.165) is 0 Å². The Morgan fingerprint density at radius 2 is 1.84 bits per heavy atom. The van der Waals surface area contributed by atoms with E-state index in [9.17, 15) is 17.9 Å². The summed E-state index contributed by atoms with van der Waals surface area (Å²) in [5.74, 6) is 0. The average molecular weight is 289 g/mol. The number of aromatic nitrogens is 2. The molecular weight excluding hydrogens is 276 g/mol. The van der Waals surface area contributed by atoms with Crippen LogP contribution in [0.4, 0.5) is 8.78 Å². The molecule has 0 amide bonds. The van der Waals surface area contributed by atoms with Gasteiger partial charge in [-0.3, -0.25) is 9.11 Å². The largest absolute Gasteiger partial charge is 0.282 e. The summed E-state index contributed by atoms with van der Waals surface area (Å²) in [6, 6.07) is 7.22. The first-order chi connectivity index (χ1) is 8.79. The minimum absolute atomic E-state index is 0.176. The van der Waals surface area contributed by atoms with Crippen LogP contribution in [0.15, 0.2) is 35.2 Å².